The third-order valence-corrected chi connectivity index (χ3v) is 5.27. The molecule has 94 valence electrons. The molecule has 1 fully saturated rings. The topological polar surface area (TPSA) is 21.6 Å². The van der Waals surface area contributed by atoms with Crippen molar-refractivity contribution in [1.29, 1.82) is 0 Å². The Bertz CT molecular complexity index is 381. The van der Waals surface area contributed by atoms with E-state index in [0.29, 0.717) is 6.04 Å². The zero-order valence-corrected chi connectivity index (χ0v) is 12.1. The average Bonchev–Trinajstić information content (AvgIpc) is 2.80. The predicted molar refractivity (Wildman–Crippen MR) is 77.1 cm³/mol. The number of aliphatic imine (C=N–C) groups is 1. The van der Waals surface area contributed by atoms with E-state index in [0.717, 1.165) is 10.6 Å². The number of thioether (sulfide) groups is 1. The summed E-state index contributed by atoms with van der Waals surface area (Å²) in [6.45, 7) is 0. The Balaban J connectivity index is 2.05. The van der Waals surface area contributed by atoms with Gasteiger partial charge in [0.25, 0.3) is 0 Å². The number of hydrogen-bond acceptors (Lipinski definition) is 4. The van der Waals surface area contributed by atoms with Crippen LogP contribution in [0.25, 0.3) is 0 Å². The lowest BCUT2D eigenvalue weighted by Gasteiger charge is -2.16. The van der Waals surface area contributed by atoms with Gasteiger partial charge in [0.1, 0.15) is 0 Å². The highest BCUT2D eigenvalue weighted by atomic mass is 32.2. The molecule has 1 aromatic rings. The second kappa shape index (κ2) is 6.45. The van der Waals surface area contributed by atoms with Crippen molar-refractivity contribution in [2.24, 2.45) is 4.99 Å². The Morgan fingerprint density at radius 3 is 2.82 bits per heavy atom. The first kappa shape index (κ1) is 13.0. The van der Waals surface area contributed by atoms with Crippen LogP contribution in [0.3, 0.4) is 0 Å². The van der Waals surface area contributed by atoms with Crippen molar-refractivity contribution in [3.63, 3.8) is 0 Å². The maximum Gasteiger partial charge on any atom is 0.183 e. The largest absolute Gasteiger partial charge is 0.487 e. The SMILES string of the molecule is COc1sc(SC)cc1C=NC1CCCCC1. The van der Waals surface area contributed by atoms with Gasteiger partial charge in [-0.3, -0.25) is 4.99 Å². The van der Waals surface area contributed by atoms with E-state index in [4.69, 9.17) is 9.73 Å². The molecule has 4 heteroatoms. The van der Waals surface area contributed by atoms with Crippen LogP contribution in [-0.2, 0) is 0 Å². The smallest absolute Gasteiger partial charge is 0.183 e. The maximum atomic E-state index is 5.38. The molecule has 17 heavy (non-hydrogen) atoms. The third kappa shape index (κ3) is 3.49. The number of hydrogen-bond donors (Lipinski definition) is 0. The van der Waals surface area contributed by atoms with Crippen molar-refractivity contribution in [2.75, 3.05) is 13.4 Å². The van der Waals surface area contributed by atoms with Crippen LogP contribution in [0.15, 0.2) is 15.3 Å². The molecule has 0 unspecified atom stereocenters. The molecule has 0 amide bonds. The summed E-state index contributed by atoms with van der Waals surface area (Å²) in [5.74, 6) is 0. The molecule has 0 radical (unpaired) electrons. The van der Waals surface area contributed by atoms with E-state index >= 15 is 0 Å². The van der Waals surface area contributed by atoms with E-state index in [9.17, 15) is 0 Å². The van der Waals surface area contributed by atoms with Crippen molar-refractivity contribution in [2.45, 2.75) is 42.4 Å². The minimum absolute atomic E-state index is 0.533. The number of nitrogens with zero attached hydrogens (tertiary/aromatic N) is 1. The predicted octanol–water partition coefficient (Wildman–Crippen LogP) is 4.23. The minimum Gasteiger partial charge on any atom is -0.487 e. The Morgan fingerprint density at radius 1 is 1.41 bits per heavy atom. The fourth-order valence-electron chi connectivity index (χ4n) is 2.13. The lowest BCUT2D eigenvalue weighted by atomic mass is 9.96. The van der Waals surface area contributed by atoms with Crippen LogP contribution < -0.4 is 4.74 Å². The standard InChI is InChI=1S/C13H19NOS2/c1-15-13-10(8-12(16-2)17-13)9-14-11-6-4-3-5-7-11/h8-9,11H,3-7H2,1-2H3. The van der Waals surface area contributed by atoms with E-state index in [1.807, 2.05) is 6.21 Å². The second-order valence-electron chi connectivity index (χ2n) is 4.29. The van der Waals surface area contributed by atoms with Gasteiger partial charge in [0.15, 0.2) is 5.06 Å². The summed E-state index contributed by atoms with van der Waals surface area (Å²) in [5.41, 5.74) is 1.13. The van der Waals surface area contributed by atoms with E-state index in [-0.39, 0.29) is 0 Å². The van der Waals surface area contributed by atoms with Crippen LogP contribution in [-0.4, -0.2) is 25.6 Å². The van der Waals surface area contributed by atoms with Gasteiger partial charge in [-0.15, -0.1) is 11.8 Å². The van der Waals surface area contributed by atoms with Crippen molar-refractivity contribution < 1.29 is 4.74 Å². The van der Waals surface area contributed by atoms with Crippen molar-refractivity contribution in [1.82, 2.24) is 0 Å². The average molecular weight is 269 g/mol. The van der Waals surface area contributed by atoms with Gasteiger partial charge in [0.05, 0.1) is 11.3 Å². The van der Waals surface area contributed by atoms with Crippen molar-refractivity contribution >= 4 is 29.3 Å². The van der Waals surface area contributed by atoms with Gasteiger partial charge in [-0.2, -0.15) is 0 Å². The molecular formula is C13H19NOS2. The van der Waals surface area contributed by atoms with E-state index in [2.05, 4.69) is 12.3 Å². The Hall–Kier alpha value is -0.480. The highest BCUT2D eigenvalue weighted by molar-refractivity contribution is 8.00. The third-order valence-electron chi connectivity index (χ3n) is 3.09. The first-order valence-corrected chi connectivity index (χ1v) is 8.12. The molecule has 0 bridgehead atoms. The van der Waals surface area contributed by atoms with Crippen LogP contribution in [0.2, 0.25) is 0 Å². The van der Waals surface area contributed by atoms with Crippen LogP contribution in [0.5, 0.6) is 5.06 Å². The lowest BCUT2D eigenvalue weighted by molar-refractivity contribution is 0.426. The quantitative estimate of drug-likeness (QED) is 0.602. The molecule has 2 nitrogen and oxygen atoms in total. The molecule has 0 aromatic carbocycles. The fourth-order valence-corrected chi connectivity index (χ4v) is 3.62. The Kier molecular flexibility index (Phi) is 4.92. The van der Waals surface area contributed by atoms with Gasteiger partial charge in [0.2, 0.25) is 0 Å². The van der Waals surface area contributed by atoms with Gasteiger partial charge in [0, 0.05) is 17.8 Å². The van der Waals surface area contributed by atoms with Crippen molar-refractivity contribution in [3.05, 3.63) is 11.6 Å². The Morgan fingerprint density at radius 2 is 2.18 bits per heavy atom. The van der Waals surface area contributed by atoms with E-state index < -0.39 is 0 Å². The number of methoxy groups -OCH3 is 1. The molecule has 1 aliphatic carbocycles. The maximum absolute atomic E-state index is 5.38. The molecule has 1 aromatic heterocycles. The molecule has 0 N–H and O–H groups in total. The summed E-state index contributed by atoms with van der Waals surface area (Å²) in [6.07, 6.45) is 10.6. The highest BCUT2D eigenvalue weighted by Gasteiger charge is 2.12. The van der Waals surface area contributed by atoms with Crippen LogP contribution in [0.4, 0.5) is 0 Å². The summed E-state index contributed by atoms with van der Waals surface area (Å²) in [7, 11) is 1.73. The molecule has 2 rings (SSSR count). The molecule has 1 heterocycles. The Labute approximate surface area is 111 Å². The summed E-state index contributed by atoms with van der Waals surface area (Å²) >= 11 is 3.45. The van der Waals surface area contributed by atoms with Gasteiger partial charge < -0.3 is 4.74 Å². The molecular weight excluding hydrogens is 250 g/mol. The fraction of sp³-hybridized carbons (Fsp3) is 0.615. The summed E-state index contributed by atoms with van der Waals surface area (Å²) in [6, 6.07) is 2.70. The number of rotatable bonds is 4. The lowest BCUT2D eigenvalue weighted by Crippen LogP contribution is -2.09. The second-order valence-corrected chi connectivity index (χ2v) is 6.41. The molecule has 0 atom stereocenters. The van der Waals surface area contributed by atoms with Crippen molar-refractivity contribution in [3.8, 4) is 5.06 Å². The van der Waals surface area contributed by atoms with Crippen LogP contribution >= 0.6 is 23.1 Å². The molecule has 1 aliphatic rings. The molecule has 0 saturated heterocycles. The summed E-state index contributed by atoms with van der Waals surface area (Å²) < 4.78 is 6.67. The number of thiophene rings is 1. The van der Waals surface area contributed by atoms with Gasteiger partial charge >= 0.3 is 0 Å². The zero-order chi connectivity index (χ0) is 12.1. The zero-order valence-electron chi connectivity index (χ0n) is 10.4. The normalized spacial score (nSPS) is 17.8. The summed E-state index contributed by atoms with van der Waals surface area (Å²) in [5, 5.41) is 0.980. The first-order chi connectivity index (χ1) is 8.33. The number of ether oxygens (including phenoxy) is 1. The molecule has 1 saturated carbocycles. The van der Waals surface area contributed by atoms with Gasteiger partial charge in [-0.25, -0.2) is 0 Å². The first-order valence-electron chi connectivity index (χ1n) is 6.08. The highest BCUT2D eigenvalue weighted by Crippen LogP contribution is 2.34. The minimum atomic E-state index is 0.533. The summed E-state index contributed by atoms with van der Waals surface area (Å²) in [4.78, 5) is 4.70. The van der Waals surface area contributed by atoms with Gasteiger partial charge in [-0.1, -0.05) is 30.6 Å². The van der Waals surface area contributed by atoms with Crippen LogP contribution in [0, 0.1) is 0 Å². The van der Waals surface area contributed by atoms with E-state index in [1.54, 1.807) is 30.2 Å². The molecule has 0 spiro atoms. The monoisotopic (exact) mass is 269 g/mol. The van der Waals surface area contributed by atoms with Gasteiger partial charge in [-0.05, 0) is 25.2 Å². The van der Waals surface area contributed by atoms with E-state index in [1.165, 1.54) is 36.3 Å². The van der Waals surface area contributed by atoms with Crippen LogP contribution in [0.1, 0.15) is 37.7 Å². The molecule has 0 aliphatic heterocycles.